The van der Waals surface area contributed by atoms with Crippen molar-refractivity contribution in [1.82, 2.24) is 14.8 Å². The normalized spacial score (nSPS) is 16.6. The molecule has 1 amide bonds. The van der Waals surface area contributed by atoms with Crippen LogP contribution in [0.4, 0.5) is 10.1 Å². The monoisotopic (exact) mass is 370 g/mol. The molecule has 3 heterocycles. The molecule has 140 valence electrons. The molecule has 1 fully saturated rings. The summed E-state index contributed by atoms with van der Waals surface area (Å²) < 4.78 is 26.1. The SMILES string of the molecule is Cn1nc(OCC2CCOC2)c2ccc(NC(=O)c3cccc(F)n3)cc21. The van der Waals surface area contributed by atoms with E-state index in [4.69, 9.17) is 9.47 Å². The minimum absolute atomic E-state index is 0.0166. The second-order valence-electron chi connectivity index (χ2n) is 6.50. The Labute approximate surface area is 155 Å². The molecule has 0 saturated carbocycles. The van der Waals surface area contributed by atoms with Crippen LogP contribution in [0.3, 0.4) is 0 Å². The molecule has 1 saturated heterocycles. The number of benzene rings is 1. The number of aromatic nitrogens is 3. The smallest absolute Gasteiger partial charge is 0.274 e. The van der Waals surface area contributed by atoms with Gasteiger partial charge in [0.15, 0.2) is 0 Å². The number of nitrogens with one attached hydrogen (secondary N) is 1. The first-order chi connectivity index (χ1) is 13.1. The second kappa shape index (κ2) is 7.32. The van der Waals surface area contributed by atoms with Gasteiger partial charge in [0.1, 0.15) is 5.69 Å². The number of ether oxygens (including phenoxy) is 2. The number of carbonyl (C=O) groups excluding carboxylic acids is 1. The summed E-state index contributed by atoms with van der Waals surface area (Å²) in [5, 5.41) is 8.00. The van der Waals surface area contributed by atoms with Crippen LogP contribution >= 0.6 is 0 Å². The summed E-state index contributed by atoms with van der Waals surface area (Å²) in [4.78, 5) is 15.8. The number of hydrogen-bond donors (Lipinski definition) is 1. The van der Waals surface area contributed by atoms with Crippen molar-refractivity contribution in [2.75, 3.05) is 25.1 Å². The van der Waals surface area contributed by atoms with Crippen LogP contribution in [0.2, 0.25) is 0 Å². The number of aryl methyl sites for hydroxylation is 1. The van der Waals surface area contributed by atoms with E-state index in [1.54, 1.807) is 16.8 Å². The molecule has 4 rings (SSSR count). The van der Waals surface area contributed by atoms with Crippen LogP contribution in [-0.2, 0) is 11.8 Å². The predicted octanol–water partition coefficient (Wildman–Crippen LogP) is 2.78. The number of pyridine rings is 1. The Balaban J connectivity index is 1.52. The highest BCUT2D eigenvalue weighted by molar-refractivity contribution is 6.04. The molecule has 1 aromatic carbocycles. The van der Waals surface area contributed by atoms with Crippen LogP contribution in [0.15, 0.2) is 36.4 Å². The summed E-state index contributed by atoms with van der Waals surface area (Å²) in [6, 6.07) is 9.49. The van der Waals surface area contributed by atoms with E-state index in [1.807, 2.05) is 13.1 Å². The molecule has 1 aliphatic heterocycles. The van der Waals surface area contributed by atoms with Crippen LogP contribution < -0.4 is 10.1 Å². The van der Waals surface area contributed by atoms with Crippen LogP contribution in [0.1, 0.15) is 16.9 Å². The molecule has 3 aromatic rings. The number of nitrogens with zero attached hydrogens (tertiary/aromatic N) is 3. The summed E-state index contributed by atoms with van der Waals surface area (Å²) in [6.45, 7) is 2.06. The first kappa shape index (κ1) is 17.4. The Morgan fingerprint density at radius 3 is 3.07 bits per heavy atom. The maximum atomic E-state index is 13.2. The summed E-state index contributed by atoms with van der Waals surface area (Å²) >= 11 is 0. The lowest BCUT2D eigenvalue weighted by Crippen LogP contribution is -2.14. The van der Waals surface area contributed by atoms with Crippen molar-refractivity contribution >= 4 is 22.5 Å². The van der Waals surface area contributed by atoms with Gasteiger partial charge in [0, 0.05) is 25.3 Å². The largest absolute Gasteiger partial charge is 0.476 e. The van der Waals surface area contributed by atoms with E-state index < -0.39 is 11.9 Å². The van der Waals surface area contributed by atoms with Crippen molar-refractivity contribution < 1.29 is 18.7 Å². The van der Waals surface area contributed by atoms with Crippen LogP contribution in [0, 0.1) is 11.9 Å². The predicted molar refractivity (Wildman–Crippen MR) is 97.3 cm³/mol. The van der Waals surface area contributed by atoms with E-state index >= 15 is 0 Å². The molecule has 1 atom stereocenters. The lowest BCUT2D eigenvalue weighted by Gasteiger charge is -2.08. The van der Waals surface area contributed by atoms with Crippen molar-refractivity contribution in [2.24, 2.45) is 13.0 Å². The van der Waals surface area contributed by atoms with Crippen molar-refractivity contribution in [2.45, 2.75) is 6.42 Å². The van der Waals surface area contributed by atoms with Crippen LogP contribution in [-0.4, -0.2) is 40.5 Å². The highest BCUT2D eigenvalue weighted by Crippen LogP contribution is 2.28. The van der Waals surface area contributed by atoms with E-state index in [-0.39, 0.29) is 5.69 Å². The minimum Gasteiger partial charge on any atom is -0.476 e. The quantitative estimate of drug-likeness (QED) is 0.699. The van der Waals surface area contributed by atoms with Gasteiger partial charge >= 0.3 is 0 Å². The molecular formula is C19H19FN4O3. The molecule has 7 nitrogen and oxygen atoms in total. The topological polar surface area (TPSA) is 78.3 Å². The Morgan fingerprint density at radius 1 is 1.41 bits per heavy atom. The molecular weight excluding hydrogens is 351 g/mol. The standard InChI is InChI=1S/C19H19FN4O3/c1-24-16-9-13(21-18(25)15-3-2-4-17(20)22-15)5-6-14(16)19(23-24)27-11-12-7-8-26-10-12/h2-6,9,12H,7-8,10-11H2,1H3,(H,21,25). The number of fused-ring (bicyclic) bond motifs is 1. The van der Waals surface area contributed by atoms with Gasteiger partial charge < -0.3 is 14.8 Å². The molecule has 0 aliphatic carbocycles. The zero-order valence-electron chi connectivity index (χ0n) is 14.8. The van der Waals surface area contributed by atoms with E-state index in [0.29, 0.717) is 24.1 Å². The van der Waals surface area contributed by atoms with Crippen molar-refractivity contribution in [3.63, 3.8) is 0 Å². The van der Waals surface area contributed by atoms with Crippen molar-refractivity contribution in [1.29, 1.82) is 0 Å². The van der Waals surface area contributed by atoms with Gasteiger partial charge in [-0.1, -0.05) is 6.07 Å². The fourth-order valence-electron chi connectivity index (χ4n) is 3.05. The number of anilines is 1. The Hall–Kier alpha value is -3.00. The molecule has 1 aliphatic rings. The average Bonchev–Trinajstić information content (AvgIpc) is 3.28. The fourth-order valence-corrected chi connectivity index (χ4v) is 3.05. The zero-order chi connectivity index (χ0) is 18.8. The molecule has 27 heavy (non-hydrogen) atoms. The van der Waals surface area contributed by atoms with Gasteiger partial charge in [-0.05, 0) is 36.8 Å². The number of carbonyl (C=O) groups is 1. The Kier molecular flexibility index (Phi) is 4.72. The molecule has 1 unspecified atom stereocenters. The molecule has 0 bridgehead atoms. The van der Waals surface area contributed by atoms with E-state index in [0.717, 1.165) is 30.5 Å². The van der Waals surface area contributed by atoms with Gasteiger partial charge in [-0.2, -0.15) is 4.39 Å². The average molecular weight is 370 g/mol. The van der Waals surface area contributed by atoms with Crippen molar-refractivity contribution in [3.8, 4) is 5.88 Å². The maximum absolute atomic E-state index is 13.2. The third-order valence-corrected chi connectivity index (χ3v) is 4.50. The summed E-state index contributed by atoms with van der Waals surface area (Å²) in [5.41, 5.74) is 1.40. The van der Waals surface area contributed by atoms with E-state index in [1.165, 1.54) is 18.2 Å². The molecule has 0 radical (unpaired) electrons. The minimum atomic E-state index is -0.695. The van der Waals surface area contributed by atoms with Gasteiger partial charge in [-0.25, -0.2) is 4.98 Å². The second-order valence-corrected chi connectivity index (χ2v) is 6.50. The number of hydrogen-bond acceptors (Lipinski definition) is 5. The number of rotatable bonds is 5. The summed E-state index contributed by atoms with van der Waals surface area (Å²) in [5.74, 6) is -0.226. The summed E-state index contributed by atoms with van der Waals surface area (Å²) in [6.07, 6.45) is 0.995. The Bertz CT molecular complexity index is 982. The van der Waals surface area contributed by atoms with Gasteiger partial charge in [0.2, 0.25) is 11.8 Å². The van der Waals surface area contributed by atoms with Gasteiger partial charge in [-0.15, -0.1) is 5.10 Å². The van der Waals surface area contributed by atoms with Crippen LogP contribution in [0.5, 0.6) is 5.88 Å². The van der Waals surface area contributed by atoms with E-state index in [9.17, 15) is 9.18 Å². The zero-order valence-corrected chi connectivity index (χ0v) is 14.8. The van der Waals surface area contributed by atoms with Crippen molar-refractivity contribution in [3.05, 3.63) is 48.0 Å². The first-order valence-corrected chi connectivity index (χ1v) is 8.71. The van der Waals surface area contributed by atoms with Gasteiger partial charge in [0.05, 0.1) is 24.1 Å². The van der Waals surface area contributed by atoms with Gasteiger partial charge in [-0.3, -0.25) is 9.48 Å². The van der Waals surface area contributed by atoms with Gasteiger partial charge in [0.25, 0.3) is 5.91 Å². The summed E-state index contributed by atoms with van der Waals surface area (Å²) in [7, 11) is 1.81. The molecule has 8 heteroatoms. The van der Waals surface area contributed by atoms with E-state index in [2.05, 4.69) is 15.4 Å². The Morgan fingerprint density at radius 2 is 2.30 bits per heavy atom. The molecule has 1 N–H and O–H groups in total. The highest BCUT2D eigenvalue weighted by Gasteiger charge is 2.18. The molecule has 0 spiro atoms. The third kappa shape index (κ3) is 3.75. The number of amides is 1. The first-order valence-electron chi connectivity index (χ1n) is 8.71. The fraction of sp³-hybridized carbons (Fsp3) is 0.316. The lowest BCUT2D eigenvalue weighted by molar-refractivity contribution is 0.102. The molecule has 2 aromatic heterocycles. The number of halogens is 1. The van der Waals surface area contributed by atoms with Crippen LogP contribution in [0.25, 0.3) is 10.9 Å². The maximum Gasteiger partial charge on any atom is 0.274 e. The lowest BCUT2D eigenvalue weighted by atomic mass is 10.1. The third-order valence-electron chi connectivity index (χ3n) is 4.50. The highest BCUT2D eigenvalue weighted by atomic mass is 19.1.